The Labute approximate surface area is 184 Å². The van der Waals surface area contributed by atoms with Crippen LogP contribution >= 0.6 is 0 Å². The number of para-hydroxylation sites is 1. The predicted octanol–water partition coefficient (Wildman–Crippen LogP) is 3.58. The molecule has 1 amide bonds. The van der Waals surface area contributed by atoms with Crippen molar-refractivity contribution in [2.24, 2.45) is 0 Å². The lowest BCUT2D eigenvalue weighted by Crippen LogP contribution is -2.40. The molecule has 1 N–H and O–H groups in total. The van der Waals surface area contributed by atoms with Gasteiger partial charge in [0.05, 0.1) is 5.69 Å². The fraction of sp³-hybridized carbons (Fsp3) is 0.400. The van der Waals surface area contributed by atoms with Crippen molar-refractivity contribution in [1.82, 2.24) is 25.0 Å². The van der Waals surface area contributed by atoms with Crippen molar-refractivity contribution in [3.63, 3.8) is 0 Å². The van der Waals surface area contributed by atoms with Gasteiger partial charge in [-0.05, 0) is 56.5 Å². The third-order valence-electron chi connectivity index (χ3n) is 6.10. The number of nitrogens with zero attached hydrogens (tertiary/aromatic N) is 4. The smallest absolute Gasteiger partial charge is 0.291 e. The van der Waals surface area contributed by atoms with Crippen molar-refractivity contribution < 1.29 is 4.79 Å². The summed E-state index contributed by atoms with van der Waals surface area (Å²) in [5, 5.41) is 7.68. The van der Waals surface area contributed by atoms with Crippen LogP contribution in [0.5, 0.6) is 0 Å². The molecule has 1 aliphatic rings. The molecule has 0 radical (unpaired) electrons. The van der Waals surface area contributed by atoms with Crippen LogP contribution in [-0.4, -0.2) is 51.2 Å². The zero-order valence-corrected chi connectivity index (χ0v) is 18.4. The van der Waals surface area contributed by atoms with E-state index >= 15 is 0 Å². The normalized spacial score (nSPS) is 16.5. The van der Waals surface area contributed by atoms with Crippen LogP contribution in [0, 0.1) is 6.92 Å². The van der Waals surface area contributed by atoms with Crippen LogP contribution in [-0.2, 0) is 12.8 Å². The van der Waals surface area contributed by atoms with Crippen molar-refractivity contribution in [2.75, 3.05) is 19.6 Å². The lowest BCUT2D eigenvalue weighted by molar-refractivity contribution is 0.0931. The lowest BCUT2D eigenvalue weighted by atomic mass is 10.1. The van der Waals surface area contributed by atoms with E-state index < -0.39 is 0 Å². The summed E-state index contributed by atoms with van der Waals surface area (Å²) >= 11 is 0. The highest BCUT2D eigenvalue weighted by atomic mass is 16.2. The summed E-state index contributed by atoms with van der Waals surface area (Å²) in [6, 6.07) is 18.8. The van der Waals surface area contributed by atoms with Gasteiger partial charge in [-0.25, -0.2) is 9.67 Å². The van der Waals surface area contributed by atoms with Crippen molar-refractivity contribution in [3.05, 3.63) is 77.4 Å². The van der Waals surface area contributed by atoms with Crippen molar-refractivity contribution in [2.45, 2.75) is 45.6 Å². The van der Waals surface area contributed by atoms with Crippen molar-refractivity contribution >= 4 is 5.91 Å². The summed E-state index contributed by atoms with van der Waals surface area (Å²) in [6.45, 7) is 7.00. The molecule has 6 nitrogen and oxygen atoms in total. The maximum absolute atomic E-state index is 12.9. The van der Waals surface area contributed by atoms with Crippen LogP contribution < -0.4 is 5.32 Å². The van der Waals surface area contributed by atoms with Gasteiger partial charge in [-0.15, -0.1) is 5.10 Å². The van der Waals surface area contributed by atoms with E-state index in [9.17, 15) is 4.79 Å². The maximum atomic E-state index is 12.9. The molecule has 1 aliphatic heterocycles. The number of carbonyl (C=O) groups is 1. The molecule has 0 aliphatic carbocycles. The van der Waals surface area contributed by atoms with Gasteiger partial charge in [0.2, 0.25) is 5.82 Å². The fourth-order valence-corrected chi connectivity index (χ4v) is 4.33. The second kappa shape index (κ2) is 9.88. The second-order valence-corrected chi connectivity index (χ2v) is 8.17. The number of aromatic nitrogens is 3. The van der Waals surface area contributed by atoms with Crippen molar-refractivity contribution in [3.8, 4) is 5.69 Å². The molecule has 1 atom stereocenters. The zero-order chi connectivity index (χ0) is 21.6. The highest BCUT2D eigenvalue weighted by Gasteiger charge is 2.25. The minimum absolute atomic E-state index is 0.198. The Morgan fingerprint density at radius 2 is 1.87 bits per heavy atom. The first-order chi connectivity index (χ1) is 15.2. The zero-order valence-electron chi connectivity index (χ0n) is 18.4. The molecule has 6 heteroatoms. The number of benzene rings is 2. The molecular formula is C25H31N5O. The van der Waals surface area contributed by atoms with E-state index in [0.29, 0.717) is 19.0 Å². The Balaban J connectivity index is 1.53. The summed E-state index contributed by atoms with van der Waals surface area (Å²) in [6.07, 6.45) is 3.88. The Kier molecular flexibility index (Phi) is 6.77. The molecule has 3 aromatic rings. The van der Waals surface area contributed by atoms with Crippen LogP contribution in [0.15, 0.2) is 54.6 Å². The number of carbonyl (C=O) groups excluding carboxylic acids is 1. The molecule has 0 bridgehead atoms. The molecule has 1 aromatic heterocycles. The maximum Gasteiger partial charge on any atom is 0.291 e. The minimum Gasteiger partial charge on any atom is -0.348 e. The molecule has 2 heterocycles. The summed E-state index contributed by atoms with van der Waals surface area (Å²) in [5.41, 5.74) is 3.31. The number of nitrogens with one attached hydrogen (secondary N) is 1. The topological polar surface area (TPSA) is 63.1 Å². The number of rotatable bonds is 8. The molecule has 0 spiro atoms. The van der Waals surface area contributed by atoms with E-state index in [1.54, 1.807) is 0 Å². The SMILES string of the molecule is CCN1CCC[C@@H]1CNC(=O)c1nc(CCc2ccccc2)n(-c2ccccc2C)n1. The van der Waals surface area contributed by atoms with Gasteiger partial charge in [0.15, 0.2) is 0 Å². The molecule has 31 heavy (non-hydrogen) atoms. The summed E-state index contributed by atoms with van der Waals surface area (Å²) in [7, 11) is 0. The molecular weight excluding hydrogens is 386 g/mol. The Morgan fingerprint density at radius 1 is 1.10 bits per heavy atom. The third-order valence-corrected chi connectivity index (χ3v) is 6.10. The van der Waals surface area contributed by atoms with Crippen LogP contribution in [0.2, 0.25) is 0 Å². The van der Waals surface area contributed by atoms with E-state index in [1.165, 1.54) is 12.0 Å². The lowest BCUT2D eigenvalue weighted by Gasteiger charge is -2.22. The third kappa shape index (κ3) is 5.02. The standard InChI is InChI=1S/C25H31N5O/c1-3-29-17-9-13-21(29)18-26-25(31)24-27-23(16-15-20-11-5-4-6-12-20)30(28-24)22-14-8-7-10-19(22)2/h4-8,10-12,14,21H,3,9,13,15-18H2,1-2H3,(H,26,31)/t21-/m1/s1. The van der Waals surface area contributed by atoms with Gasteiger partial charge >= 0.3 is 0 Å². The van der Waals surface area contributed by atoms with E-state index in [4.69, 9.17) is 0 Å². The van der Waals surface area contributed by atoms with E-state index in [0.717, 1.165) is 43.0 Å². The number of likely N-dealkylation sites (tertiary alicyclic amines) is 1. The molecule has 0 unspecified atom stereocenters. The number of hydrogen-bond acceptors (Lipinski definition) is 4. The van der Waals surface area contributed by atoms with Gasteiger partial charge in [-0.3, -0.25) is 9.69 Å². The molecule has 0 saturated carbocycles. The van der Waals surface area contributed by atoms with E-state index in [1.807, 2.05) is 41.1 Å². The molecule has 4 rings (SSSR count). The van der Waals surface area contributed by atoms with Gasteiger partial charge in [-0.2, -0.15) is 0 Å². The predicted molar refractivity (Wildman–Crippen MR) is 123 cm³/mol. The van der Waals surface area contributed by atoms with Crippen LogP contribution in [0.4, 0.5) is 0 Å². The molecule has 2 aromatic carbocycles. The van der Waals surface area contributed by atoms with E-state index in [-0.39, 0.29) is 11.7 Å². The average molecular weight is 418 g/mol. The Hall–Kier alpha value is -2.99. The van der Waals surface area contributed by atoms with Gasteiger partial charge < -0.3 is 5.32 Å². The van der Waals surface area contributed by atoms with Crippen LogP contribution in [0.3, 0.4) is 0 Å². The monoisotopic (exact) mass is 417 g/mol. The van der Waals surface area contributed by atoms with Gasteiger partial charge in [0.1, 0.15) is 5.82 Å². The number of aryl methyl sites for hydroxylation is 3. The summed E-state index contributed by atoms with van der Waals surface area (Å²) in [4.78, 5) is 20.0. The number of likely N-dealkylation sites (N-methyl/N-ethyl adjacent to an activating group) is 1. The van der Waals surface area contributed by atoms with E-state index in [2.05, 4.69) is 52.3 Å². The number of hydrogen-bond donors (Lipinski definition) is 1. The molecule has 1 saturated heterocycles. The summed E-state index contributed by atoms with van der Waals surface area (Å²) < 4.78 is 1.83. The quantitative estimate of drug-likeness (QED) is 0.609. The first-order valence-electron chi connectivity index (χ1n) is 11.2. The first kappa shape index (κ1) is 21.2. The van der Waals surface area contributed by atoms with Crippen molar-refractivity contribution in [1.29, 1.82) is 0 Å². The van der Waals surface area contributed by atoms with Gasteiger partial charge in [0, 0.05) is 19.0 Å². The average Bonchev–Trinajstić information content (AvgIpc) is 3.44. The Morgan fingerprint density at radius 3 is 2.65 bits per heavy atom. The van der Waals surface area contributed by atoms with Gasteiger partial charge in [0.25, 0.3) is 5.91 Å². The molecule has 162 valence electrons. The van der Waals surface area contributed by atoms with Crippen LogP contribution in [0.1, 0.15) is 47.3 Å². The summed E-state index contributed by atoms with van der Waals surface area (Å²) in [5.74, 6) is 0.850. The second-order valence-electron chi connectivity index (χ2n) is 8.17. The highest BCUT2D eigenvalue weighted by molar-refractivity contribution is 5.90. The highest BCUT2D eigenvalue weighted by Crippen LogP contribution is 2.18. The largest absolute Gasteiger partial charge is 0.348 e. The van der Waals surface area contributed by atoms with Gasteiger partial charge in [-0.1, -0.05) is 55.5 Å². The molecule has 1 fully saturated rings. The fourth-order valence-electron chi connectivity index (χ4n) is 4.33. The Bertz CT molecular complexity index is 1010. The van der Waals surface area contributed by atoms with Crippen LogP contribution in [0.25, 0.3) is 5.69 Å². The minimum atomic E-state index is -0.198. The number of amides is 1. The first-order valence-corrected chi connectivity index (χ1v) is 11.2.